The van der Waals surface area contributed by atoms with Gasteiger partial charge in [-0.15, -0.1) is 0 Å². The van der Waals surface area contributed by atoms with Crippen LogP contribution in [0.3, 0.4) is 0 Å². The van der Waals surface area contributed by atoms with Crippen LogP contribution < -0.4 is 5.14 Å². The Morgan fingerprint density at radius 1 is 0.975 bits per heavy atom. The quantitative estimate of drug-likeness (QED) is 0.247. The number of nitrogens with zero attached hydrogens (tertiary/aromatic N) is 2. The number of aliphatic hydroxyl groups excluding tert-OH is 3. The fraction of sp³-hybridized carbons (Fsp3) is 0.261. The Hall–Kier alpha value is -3.87. The Labute approximate surface area is 222 Å². The van der Waals surface area contributed by atoms with Gasteiger partial charge in [-0.25, -0.2) is 27.8 Å². The third-order valence-electron chi connectivity index (χ3n) is 5.86. The molecule has 214 valence electrons. The van der Waals surface area contributed by atoms with Crippen molar-refractivity contribution in [2.75, 3.05) is 0 Å². The molecule has 0 saturated carbocycles. The minimum absolute atomic E-state index is 0.0681. The number of carbonyl (C=O) groups is 2. The Bertz CT molecular complexity index is 1520. The molecule has 0 spiro atoms. The highest BCUT2D eigenvalue weighted by atomic mass is 32.2. The monoisotopic (exact) mass is 587 g/mol. The summed E-state index contributed by atoms with van der Waals surface area (Å²) in [5.41, 5.74) is -1.31. The van der Waals surface area contributed by atoms with Crippen LogP contribution in [-0.4, -0.2) is 81.3 Å². The van der Waals surface area contributed by atoms with Crippen LogP contribution >= 0.6 is 0 Å². The Morgan fingerprint density at radius 2 is 1.57 bits per heavy atom. The largest absolute Gasteiger partial charge is 0.479 e. The van der Waals surface area contributed by atoms with Crippen LogP contribution in [0.4, 0.5) is 13.2 Å². The maximum Gasteiger partial charge on any atom is 0.435 e. The number of hydrogen-bond donors (Lipinski definition) is 5. The maximum absolute atomic E-state index is 13.5. The summed E-state index contributed by atoms with van der Waals surface area (Å²) in [5, 5.41) is 47.3. The average molecular weight is 587 g/mol. The van der Waals surface area contributed by atoms with Crippen molar-refractivity contribution >= 4 is 22.0 Å². The van der Waals surface area contributed by atoms with Crippen molar-refractivity contribution in [2.24, 2.45) is 5.14 Å². The Balaban J connectivity index is 1.61. The highest BCUT2D eigenvalue weighted by Gasteiger charge is 2.48. The summed E-state index contributed by atoms with van der Waals surface area (Å²) in [5.74, 6) is -2.83. The average Bonchev–Trinajstić information content (AvgIpc) is 3.35. The Kier molecular flexibility index (Phi) is 7.72. The summed E-state index contributed by atoms with van der Waals surface area (Å²) in [7, 11) is -4.06. The first-order valence-corrected chi connectivity index (χ1v) is 12.7. The van der Waals surface area contributed by atoms with E-state index in [0.717, 1.165) is 35.0 Å². The van der Waals surface area contributed by atoms with Crippen molar-refractivity contribution in [1.82, 2.24) is 9.78 Å². The van der Waals surface area contributed by atoms with Gasteiger partial charge in [-0.05, 0) is 42.5 Å². The van der Waals surface area contributed by atoms with Crippen LogP contribution in [0.5, 0.6) is 0 Å². The number of carboxylic acids is 1. The van der Waals surface area contributed by atoms with Gasteiger partial charge < -0.3 is 29.9 Å². The smallest absolute Gasteiger partial charge is 0.435 e. The molecular weight excluding hydrogens is 567 g/mol. The highest BCUT2D eigenvalue weighted by Crippen LogP contribution is 2.33. The number of aromatic nitrogens is 2. The second-order valence-electron chi connectivity index (χ2n) is 8.58. The number of aliphatic carboxylic acids is 1. The zero-order chi connectivity index (χ0) is 29.6. The number of benzene rings is 2. The molecule has 0 aliphatic carbocycles. The first-order chi connectivity index (χ1) is 18.6. The van der Waals surface area contributed by atoms with Crippen LogP contribution in [0.15, 0.2) is 59.5 Å². The van der Waals surface area contributed by atoms with E-state index < -0.39 is 64.5 Å². The standard InChI is InChI=1S/C23H20F3N3O10S/c24-23(25,26)15-9-14(29(28-15)12-5-7-13(8-6-12)40(27,36)37)10-1-3-11(4-2-10)21(35)39-22-18(32)16(30)17(31)19(38-22)20(33)34/h1-9,16-19,22,30-32H,(H,33,34)(H2,27,36,37)/t16-,17-,18+,19-,22?/m0/s1. The van der Waals surface area contributed by atoms with Crippen molar-refractivity contribution in [2.45, 2.75) is 41.8 Å². The number of hydrogen-bond acceptors (Lipinski definition) is 10. The lowest BCUT2D eigenvalue weighted by atomic mass is 9.99. The van der Waals surface area contributed by atoms with Crippen molar-refractivity contribution in [3.05, 3.63) is 65.9 Å². The maximum atomic E-state index is 13.5. The molecule has 1 aliphatic heterocycles. The van der Waals surface area contributed by atoms with Crippen LogP contribution in [0.2, 0.25) is 0 Å². The minimum atomic E-state index is -4.82. The number of ether oxygens (including phenoxy) is 2. The number of nitrogens with two attached hydrogens (primary N) is 1. The van der Waals surface area contributed by atoms with Gasteiger partial charge in [-0.1, -0.05) is 12.1 Å². The van der Waals surface area contributed by atoms with E-state index in [0.29, 0.717) is 0 Å². The minimum Gasteiger partial charge on any atom is -0.479 e. The molecule has 0 amide bonds. The molecule has 2 heterocycles. The summed E-state index contributed by atoms with van der Waals surface area (Å²) >= 11 is 0. The predicted molar refractivity (Wildman–Crippen MR) is 125 cm³/mol. The van der Waals surface area contributed by atoms with Crippen LogP contribution in [0, 0.1) is 0 Å². The molecule has 0 radical (unpaired) electrons. The summed E-state index contributed by atoms with van der Waals surface area (Å²) in [6, 6.07) is 10.1. The molecule has 40 heavy (non-hydrogen) atoms. The summed E-state index contributed by atoms with van der Waals surface area (Å²) in [6.07, 6.45) is -14.8. The second-order valence-corrected chi connectivity index (χ2v) is 10.1. The van der Waals surface area contributed by atoms with E-state index in [1.54, 1.807) is 0 Å². The number of rotatable bonds is 6. The van der Waals surface area contributed by atoms with Gasteiger partial charge >= 0.3 is 18.1 Å². The molecule has 13 nitrogen and oxygen atoms in total. The number of sulfonamides is 1. The zero-order valence-corrected chi connectivity index (χ0v) is 20.7. The molecule has 6 N–H and O–H groups in total. The molecule has 1 aliphatic rings. The van der Waals surface area contributed by atoms with Gasteiger partial charge in [0.25, 0.3) is 0 Å². The highest BCUT2D eigenvalue weighted by molar-refractivity contribution is 7.89. The molecule has 1 unspecified atom stereocenters. The number of esters is 1. The van der Waals surface area contributed by atoms with E-state index in [4.69, 9.17) is 19.7 Å². The molecular formula is C23H20F3N3O10S. The van der Waals surface area contributed by atoms with Crippen molar-refractivity contribution in [1.29, 1.82) is 0 Å². The molecule has 5 atom stereocenters. The van der Waals surface area contributed by atoms with E-state index in [-0.39, 0.29) is 27.4 Å². The Morgan fingerprint density at radius 3 is 2.10 bits per heavy atom. The molecule has 17 heteroatoms. The van der Waals surface area contributed by atoms with Gasteiger partial charge in [-0.2, -0.15) is 18.3 Å². The lowest BCUT2D eigenvalue weighted by Crippen LogP contribution is -2.60. The van der Waals surface area contributed by atoms with Gasteiger partial charge in [0.1, 0.15) is 18.3 Å². The third-order valence-corrected chi connectivity index (χ3v) is 6.79. The third kappa shape index (κ3) is 5.83. The van der Waals surface area contributed by atoms with E-state index in [9.17, 15) is 46.5 Å². The summed E-state index contributed by atoms with van der Waals surface area (Å²) in [4.78, 5) is 23.5. The van der Waals surface area contributed by atoms with E-state index in [1.165, 1.54) is 24.3 Å². The van der Waals surface area contributed by atoms with Crippen LogP contribution in [0.1, 0.15) is 16.1 Å². The molecule has 1 fully saturated rings. The van der Waals surface area contributed by atoms with Crippen LogP contribution in [0.25, 0.3) is 16.9 Å². The zero-order valence-electron chi connectivity index (χ0n) is 19.8. The van der Waals surface area contributed by atoms with Gasteiger partial charge in [0, 0.05) is 5.56 Å². The van der Waals surface area contributed by atoms with E-state index >= 15 is 0 Å². The van der Waals surface area contributed by atoms with Gasteiger partial charge in [-0.3, -0.25) is 0 Å². The molecule has 4 rings (SSSR count). The predicted octanol–water partition coefficient (Wildman–Crippen LogP) is 0.254. The van der Waals surface area contributed by atoms with Crippen molar-refractivity contribution < 1.29 is 61.1 Å². The molecule has 3 aromatic rings. The van der Waals surface area contributed by atoms with Crippen molar-refractivity contribution in [3.63, 3.8) is 0 Å². The molecule has 1 aromatic heterocycles. The lowest BCUT2D eigenvalue weighted by molar-refractivity contribution is -0.278. The normalized spacial score (nSPS) is 23.5. The first-order valence-electron chi connectivity index (χ1n) is 11.1. The molecule has 1 saturated heterocycles. The van der Waals surface area contributed by atoms with Crippen LogP contribution in [-0.2, 0) is 30.5 Å². The van der Waals surface area contributed by atoms with E-state index in [1.807, 2.05) is 0 Å². The topological polar surface area (TPSA) is 211 Å². The lowest BCUT2D eigenvalue weighted by Gasteiger charge is -2.37. The second kappa shape index (κ2) is 10.6. The van der Waals surface area contributed by atoms with Gasteiger partial charge in [0.05, 0.1) is 21.8 Å². The van der Waals surface area contributed by atoms with Crippen molar-refractivity contribution in [3.8, 4) is 16.9 Å². The van der Waals surface area contributed by atoms with Gasteiger partial charge in [0.2, 0.25) is 16.3 Å². The number of halogens is 3. The number of alkyl halides is 3. The van der Waals surface area contributed by atoms with E-state index in [2.05, 4.69) is 5.10 Å². The number of carbonyl (C=O) groups excluding carboxylic acids is 1. The first kappa shape index (κ1) is 29.1. The fourth-order valence-electron chi connectivity index (χ4n) is 3.80. The van der Waals surface area contributed by atoms with Gasteiger partial charge in [0.15, 0.2) is 11.8 Å². The summed E-state index contributed by atoms with van der Waals surface area (Å²) < 4.78 is 74.1. The molecule has 2 aromatic carbocycles. The SMILES string of the molecule is NS(=O)(=O)c1ccc(-n2nc(C(F)(F)F)cc2-c2ccc(C(=O)OC3O[C@H](C(=O)O)[C@@H](O)[C@H](O)[C@H]3O)cc2)cc1. The number of carboxylic acid groups (broad SMARTS) is 1. The number of primary sulfonamides is 1. The molecule has 0 bridgehead atoms. The fourth-order valence-corrected chi connectivity index (χ4v) is 4.31. The number of aliphatic hydroxyl groups is 3. The summed E-state index contributed by atoms with van der Waals surface area (Å²) in [6.45, 7) is 0.